The van der Waals surface area contributed by atoms with Crippen molar-refractivity contribution in [3.05, 3.63) is 34.4 Å². The van der Waals surface area contributed by atoms with Crippen molar-refractivity contribution in [2.75, 3.05) is 6.61 Å². The summed E-state index contributed by atoms with van der Waals surface area (Å²) in [6.07, 6.45) is 0. The van der Waals surface area contributed by atoms with Gasteiger partial charge in [0.25, 0.3) is 0 Å². The molecular weight excluding hydrogens is 162 g/mol. The Balaban J connectivity index is 3.15. The van der Waals surface area contributed by atoms with Gasteiger partial charge in [-0.25, -0.2) is 0 Å². The molecule has 0 aliphatic carbocycles. The molecule has 1 atom stereocenters. The highest BCUT2D eigenvalue weighted by Gasteiger charge is 2.08. The van der Waals surface area contributed by atoms with Gasteiger partial charge in [0, 0.05) is 0 Å². The number of aryl methyl sites for hydroxylation is 3. The lowest BCUT2D eigenvalue weighted by atomic mass is 9.97. The summed E-state index contributed by atoms with van der Waals surface area (Å²) in [6, 6.07) is 3.92. The van der Waals surface area contributed by atoms with Crippen LogP contribution in [0.15, 0.2) is 12.1 Å². The Morgan fingerprint density at radius 2 is 1.69 bits per heavy atom. The van der Waals surface area contributed by atoms with Crippen molar-refractivity contribution in [1.82, 2.24) is 0 Å². The maximum Gasteiger partial charge on any atom is 0.0624 e. The Morgan fingerprint density at radius 1 is 1.15 bits per heavy atom. The molecule has 1 rings (SSSR count). The largest absolute Gasteiger partial charge is 0.394 e. The molecule has 3 N–H and O–H groups in total. The predicted molar refractivity (Wildman–Crippen MR) is 54.7 cm³/mol. The predicted octanol–water partition coefficient (Wildman–Crippen LogP) is 1.60. The van der Waals surface area contributed by atoms with Gasteiger partial charge in [-0.2, -0.15) is 0 Å². The molecule has 0 aliphatic heterocycles. The van der Waals surface area contributed by atoms with Crippen LogP contribution in [-0.4, -0.2) is 11.7 Å². The molecule has 0 heterocycles. The summed E-state index contributed by atoms with van der Waals surface area (Å²) in [7, 11) is 0. The van der Waals surface area contributed by atoms with Gasteiger partial charge < -0.3 is 10.8 Å². The molecule has 2 heteroatoms. The van der Waals surface area contributed by atoms with Crippen molar-refractivity contribution < 1.29 is 5.11 Å². The Labute approximate surface area is 79.4 Å². The second kappa shape index (κ2) is 3.90. The van der Waals surface area contributed by atoms with Crippen LogP contribution in [0.1, 0.15) is 28.3 Å². The Kier molecular flexibility index (Phi) is 3.07. The van der Waals surface area contributed by atoms with Crippen LogP contribution in [0.2, 0.25) is 0 Å². The average molecular weight is 179 g/mol. The molecule has 72 valence electrons. The van der Waals surface area contributed by atoms with Gasteiger partial charge in [-0.1, -0.05) is 12.1 Å². The van der Waals surface area contributed by atoms with Crippen LogP contribution in [-0.2, 0) is 0 Å². The average Bonchev–Trinajstić information content (AvgIpc) is 2.10. The molecule has 2 nitrogen and oxygen atoms in total. The van der Waals surface area contributed by atoms with Crippen LogP contribution in [0.25, 0.3) is 0 Å². The third-order valence-corrected chi connectivity index (χ3v) is 2.48. The van der Waals surface area contributed by atoms with Crippen LogP contribution >= 0.6 is 0 Å². The van der Waals surface area contributed by atoms with E-state index in [1.165, 1.54) is 11.1 Å². The Morgan fingerprint density at radius 3 is 2.23 bits per heavy atom. The fraction of sp³-hybridized carbons (Fsp3) is 0.455. The minimum absolute atomic E-state index is 0.00331. The summed E-state index contributed by atoms with van der Waals surface area (Å²) in [5, 5.41) is 8.95. The Hall–Kier alpha value is -0.860. The van der Waals surface area contributed by atoms with E-state index in [0.717, 1.165) is 11.1 Å². The van der Waals surface area contributed by atoms with E-state index in [9.17, 15) is 0 Å². The van der Waals surface area contributed by atoms with E-state index >= 15 is 0 Å². The lowest BCUT2D eigenvalue weighted by Gasteiger charge is -2.14. The van der Waals surface area contributed by atoms with Crippen molar-refractivity contribution in [2.24, 2.45) is 5.73 Å². The first-order valence-electron chi connectivity index (χ1n) is 4.50. The van der Waals surface area contributed by atoms with Gasteiger partial charge in [-0.15, -0.1) is 0 Å². The van der Waals surface area contributed by atoms with Crippen molar-refractivity contribution in [3.8, 4) is 0 Å². The molecule has 0 aliphatic rings. The first kappa shape index (κ1) is 10.2. The topological polar surface area (TPSA) is 46.2 Å². The van der Waals surface area contributed by atoms with Gasteiger partial charge in [0.05, 0.1) is 12.6 Å². The van der Waals surface area contributed by atoms with Gasteiger partial charge >= 0.3 is 0 Å². The third-order valence-electron chi connectivity index (χ3n) is 2.48. The molecule has 0 amide bonds. The quantitative estimate of drug-likeness (QED) is 0.724. The highest BCUT2D eigenvalue weighted by atomic mass is 16.3. The summed E-state index contributed by atoms with van der Waals surface area (Å²) in [6.45, 7) is 6.17. The van der Waals surface area contributed by atoms with Gasteiger partial charge in [0.1, 0.15) is 0 Å². The summed E-state index contributed by atoms with van der Waals surface area (Å²) in [4.78, 5) is 0. The van der Waals surface area contributed by atoms with Crippen LogP contribution in [0.3, 0.4) is 0 Å². The summed E-state index contributed by atoms with van der Waals surface area (Å²) in [5.41, 5.74) is 10.5. The van der Waals surface area contributed by atoms with Crippen molar-refractivity contribution in [3.63, 3.8) is 0 Å². The number of benzene rings is 1. The molecule has 0 fully saturated rings. The zero-order valence-electron chi connectivity index (χ0n) is 8.46. The first-order chi connectivity index (χ1) is 6.06. The molecule has 0 bridgehead atoms. The maximum absolute atomic E-state index is 8.95. The maximum atomic E-state index is 8.95. The second-order valence-electron chi connectivity index (χ2n) is 3.58. The summed E-state index contributed by atoms with van der Waals surface area (Å²) in [5.74, 6) is 0. The number of hydrogen-bond donors (Lipinski definition) is 2. The molecule has 0 unspecified atom stereocenters. The second-order valence-corrected chi connectivity index (χ2v) is 3.58. The molecule has 0 radical (unpaired) electrons. The number of aliphatic hydroxyl groups is 1. The zero-order valence-corrected chi connectivity index (χ0v) is 8.46. The SMILES string of the molecule is Cc1cc(C)c([C@H](N)CO)cc1C. The minimum atomic E-state index is -0.251. The van der Waals surface area contributed by atoms with Gasteiger partial charge in [-0.3, -0.25) is 0 Å². The lowest BCUT2D eigenvalue weighted by Crippen LogP contribution is -2.16. The normalized spacial score (nSPS) is 13.0. The number of hydrogen-bond acceptors (Lipinski definition) is 2. The van der Waals surface area contributed by atoms with Gasteiger partial charge in [0.2, 0.25) is 0 Å². The number of aliphatic hydroxyl groups excluding tert-OH is 1. The molecule has 1 aromatic carbocycles. The highest BCUT2D eigenvalue weighted by Crippen LogP contribution is 2.19. The van der Waals surface area contributed by atoms with Crippen molar-refractivity contribution in [2.45, 2.75) is 26.8 Å². The Bertz CT molecular complexity index is 307. The summed E-state index contributed by atoms with van der Waals surface area (Å²) >= 11 is 0. The fourth-order valence-electron chi connectivity index (χ4n) is 1.48. The zero-order chi connectivity index (χ0) is 10.0. The van der Waals surface area contributed by atoms with E-state index in [4.69, 9.17) is 10.8 Å². The highest BCUT2D eigenvalue weighted by molar-refractivity contribution is 5.38. The van der Waals surface area contributed by atoms with Crippen LogP contribution in [0, 0.1) is 20.8 Å². The van der Waals surface area contributed by atoms with Crippen LogP contribution in [0.4, 0.5) is 0 Å². The third kappa shape index (κ3) is 2.08. The molecule has 0 spiro atoms. The molecule has 0 saturated carbocycles. The summed E-state index contributed by atoms with van der Waals surface area (Å²) < 4.78 is 0. The van der Waals surface area contributed by atoms with Gasteiger partial charge in [0.15, 0.2) is 0 Å². The lowest BCUT2D eigenvalue weighted by molar-refractivity contribution is 0.267. The van der Waals surface area contributed by atoms with E-state index in [-0.39, 0.29) is 12.6 Å². The van der Waals surface area contributed by atoms with Crippen LogP contribution in [0.5, 0.6) is 0 Å². The molecule has 1 aromatic rings. The van der Waals surface area contributed by atoms with Gasteiger partial charge in [-0.05, 0) is 43.0 Å². The standard InChI is InChI=1S/C11H17NO/c1-7-4-9(3)10(5-8(7)2)11(12)6-13/h4-5,11,13H,6,12H2,1-3H3/t11-/m1/s1. The first-order valence-corrected chi connectivity index (χ1v) is 4.50. The van der Waals surface area contributed by atoms with E-state index in [2.05, 4.69) is 26.0 Å². The molecular formula is C11H17NO. The van der Waals surface area contributed by atoms with Crippen molar-refractivity contribution in [1.29, 1.82) is 0 Å². The molecule has 13 heavy (non-hydrogen) atoms. The number of nitrogens with two attached hydrogens (primary N) is 1. The number of rotatable bonds is 2. The monoisotopic (exact) mass is 179 g/mol. The molecule has 0 saturated heterocycles. The van der Waals surface area contributed by atoms with Crippen molar-refractivity contribution >= 4 is 0 Å². The van der Waals surface area contributed by atoms with E-state index < -0.39 is 0 Å². The van der Waals surface area contributed by atoms with E-state index in [1.807, 2.05) is 6.92 Å². The fourth-order valence-corrected chi connectivity index (χ4v) is 1.48. The minimum Gasteiger partial charge on any atom is -0.394 e. The van der Waals surface area contributed by atoms with E-state index in [1.54, 1.807) is 0 Å². The van der Waals surface area contributed by atoms with Crippen LogP contribution < -0.4 is 5.73 Å². The smallest absolute Gasteiger partial charge is 0.0624 e. The van der Waals surface area contributed by atoms with E-state index in [0.29, 0.717) is 0 Å². The molecule has 0 aromatic heterocycles.